The fourth-order valence-electron chi connectivity index (χ4n) is 12.4. The van der Waals surface area contributed by atoms with Crippen LogP contribution in [0.2, 0.25) is 0 Å². The van der Waals surface area contributed by atoms with E-state index in [1.54, 1.807) is 0 Å². The van der Waals surface area contributed by atoms with Gasteiger partial charge in [-0.1, -0.05) is 66.7 Å². The van der Waals surface area contributed by atoms with Gasteiger partial charge in [-0.05, 0) is 79.4 Å². The Hall–Kier alpha value is -2.10. The number of nitrogens with zero attached hydrogens (tertiary/aromatic N) is 2. The summed E-state index contributed by atoms with van der Waals surface area (Å²) in [5.74, 6) is -0.639. The number of hydrogen-bond donors (Lipinski definition) is 0. The lowest BCUT2D eigenvalue weighted by molar-refractivity contribution is -0.234. The van der Waals surface area contributed by atoms with Crippen molar-refractivity contribution in [1.29, 1.82) is 5.26 Å². The van der Waals surface area contributed by atoms with Crippen molar-refractivity contribution < 1.29 is 22.8 Å². The predicted octanol–water partition coefficient (Wildman–Crippen LogP) is 7.80. The first-order valence-electron chi connectivity index (χ1n) is 15.4. The summed E-state index contributed by atoms with van der Waals surface area (Å²) in [6.45, 7) is 18.3. The Bertz CT molecular complexity index is 1340. The zero-order valence-corrected chi connectivity index (χ0v) is 25.7. The predicted molar refractivity (Wildman–Crippen MR) is 150 cm³/mol. The molecule has 8 atom stereocenters. The van der Waals surface area contributed by atoms with Crippen LogP contribution in [-0.4, -0.2) is 34.9 Å². The summed E-state index contributed by atoms with van der Waals surface area (Å²) in [5.41, 5.74) is -3.24. The van der Waals surface area contributed by atoms with Gasteiger partial charge in [-0.15, -0.1) is 0 Å². The van der Waals surface area contributed by atoms with Crippen LogP contribution in [0.1, 0.15) is 99.8 Å². The third-order valence-corrected chi connectivity index (χ3v) is 14.3. The molecule has 0 radical (unpaired) electrons. The zero-order chi connectivity index (χ0) is 30.4. The number of carbonyl (C=O) groups is 2. The van der Waals surface area contributed by atoms with Crippen LogP contribution < -0.4 is 0 Å². The molecule has 2 bridgehead atoms. The monoisotopic (exact) mass is 570 g/mol. The number of amides is 1. The van der Waals surface area contributed by atoms with Gasteiger partial charge in [0.1, 0.15) is 12.6 Å². The van der Waals surface area contributed by atoms with Gasteiger partial charge >= 0.3 is 6.18 Å². The molecular weight excluding hydrogens is 525 g/mol. The number of likely N-dealkylation sites (tertiary alicyclic amines) is 1. The van der Waals surface area contributed by atoms with E-state index in [9.17, 15) is 28.0 Å². The minimum atomic E-state index is -4.52. The first-order chi connectivity index (χ1) is 18.7. The van der Waals surface area contributed by atoms with Crippen molar-refractivity contribution in [3.63, 3.8) is 0 Å². The van der Waals surface area contributed by atoms with Gasteiger partial charge in [0, 0.05) is 16.7 Å². The van der Waals surface area contributed by atoms with E-state index in [1.807, 2.05) is 19.9 Å². The van der Waals surface area contributed by atoms with Crippen LogP contribution in [0.3, 0.4) is 0 Å². The van der Waals surface area contributed by atoms with Gasteiger partial charge in [-0.2, -0.15) is 18.4 Å². The van der Waals surface area contributed by atoms with Crippen LogP contribution in [-0.2, 0) is 9.59 Å². The number of ketones is 1. The maximum atomic E-state index is 14.4. The van der Waals surface area contributed by atoms with Gasteiger partial charge < -0.3 is 4.90 Å². The molecule has 5 fully saturated rings. The summed E-state index contributed by atoms with van der Waals surface area (Å²) in [5, 5.41) is 9.98. The molecule has 7 heteroatoms. The summed E-state index contributed by atoms with van der Waals surface area (Å²) in [6.07, 6.45) is 2.87. The molecule has 1 aliphatic heterocycles. The molecule has 4 nitrogen and oxygen atoms in total. The van der Waals surface area contributed by atoms with Crippen LogP contribution in [0.5, 0.6) is 0 Å². The molecule has 6 rings (SSSR count). The second-order valence-electron chi connectivity index (χ2n) is 16.6. The van der Waals surface area contributed by atoms with E-state index >= 15 is 0 Å². The minimum absolute atomic E-state index is 0.0101. The molecular formula is C34H45F3N2O2. The van der Waals surface area contributed by atoms with Crippen molar-refractivity contribution in [2.45, 2.75) is 112 Å². The van der Waals surface area contributed by atoms with Gasteiger partial charge in [0.25, 0.3) is 0 Å². The number of halogens is 3. The fourth-order valence-corrected chi connectivity index (χ4v) is 12.4. The highest BCUT2D eigenvalue weighted by Gasteiger charge is 2.83. The van der Waals surface area contributed by atoms with Crippen molar-refractivity contribution >= 4 is 11.7 Å². The topological polar surface area (TPSA) is 61.2 Å². The van der Waals surface area contributed by atoms with Crippen LogP contribution in [0.4, 0.5) is 13.2 Å². The zero-order valence-electron chi connectivity index (χ0n) is 25.7. The van der Waals surface area contributed by atoms with Gasteiger partial charge in [-0.25, -0.2) is 0 Å². The number of allylic oxidation sites excluding steroid dienone is 2. The molecule has 224 valence electrons. The third kappa shape index (κ3) is 3.13. The summed E-state index contributed by atoms with van der Waals surface area (Å²) in [4.78, 5) is 29.1. The minimum Gasteiger partial charge on any atom is -0.323 e. The Morgan fingerprint density at radius 1 is 0.976 bits per heavy atom. The maximum absolute atomic E-state index is 14.4. The number of fused-ring (bicyclic) bond motifs is 4. The lowest BCUT2D eigenvalue weighted by atomic mass is 9.30. The Morgan fingerprint density at radius 2 is 1.61 bits per heavy atom. The molecule has 0 aromatic heterocycles. The first-order valence-corrected chi connectivity index (χ1v) is 15.4. The van der Waals surface area contributed by atoms with Crippen LogP contribution in [0, 0.1) is 61.6 Å². The number of nitriles is 1. The molecule has 6 aliphatic rings. The molecule has 0 aromatic carbocycles. The Kier molecular flexibility index (Phi) is 5.58. The van der Waals surface area contributed by atoms with Crippen molar-refractivity contribution in [1.82, 2.24) is 4.90 Å². The van der Waals surface area contributed by atoms with E-state index in [-0.39, 0.29) is 40.4 Å². The highest BCUT2D eigenvalue weighted by molar-refractivity contribution is 6.04. The smallest absolute Gasteiger partial charge is 0.323 e. The maximum Gasteiger partial charge on any atom is 0.406 e. The highest BCUT2D eigenvalue weighted by atomic mass is 19.4. The van der Waals surface area contributed by atoms with E-state index in [2.05, 4.69) is 47.3 Å². The van der Waals surface area contributed by atoms with Crippen LogP contribution in [0.25, 0.3) is 0 Å². The molecule has 1 heterocycles. The summed E-state index contributed by atoms with van der Waals surface area (Å²) < 4.78 is 43.2. The lowest BCUT2D eigenvalue weighted by Crippen LogP contribution is -2.75. The molecule has 1 amide bonds. The number of Topliss-reactive ketones (excluding diaryl/α,β-unsaturated/α-hetero) is 1. The van der Waals surface area contributed by atoms with Gasteiger partial charge in [-0.3, -0.25) is 9.59 Å². The van der Waals surface area contributed by atoms with E-state index in [1.165, 1.54) is 4.90 Å². The Morgan fingerprint density at radius 3 is 2.22 bits per heavy atom. The number of alkyl halides is 3. The van der Waals surface area contributed by atoms with Gasteiger partial charge in [0.2, 0.25) is 5.91 Å². The number of rotatable bonds is 1. The molecule has 1 spiro atoms. The molecule has 4 saturated carbocycles. The van der Waals surface area contributed by atoms with E-state index in [0.29, 0.717) is 32.1 Å². The van der Waals surface area contributed by atoms with Crippen molar-refractivity contribution in [3.8, 4) is 6.07 Å². The molecule has 1 saturated heterocycles. The van der Waals surface area contributed by atoms with Crippen molar-refractivity contribution in [2.24, 2.45) is 50.2 Å². The molecule has 3 unspecified atom stereocenters. The largest absolute Gasteiger partial charge is 0.406 e. The summed E-state index contributed by atoms with van der Waals surface area (Å²) in [7, 11) is 0. The number of hydrogen-bond acceptors (Lipinski definition) is 3. The van der Waals surface area contributed by atoms with Crippen molar-refractivity contribution in [2.75, 3.05) is 6.54 Å². The lowest BCUT2D eigenvalue weighted by Gasteiger charge is -2.75. The first kappa shape index (κ1) is 29.0. The highest BCUT2D eigenvalue weighted by Crippen LogP contribution is 2.81. The van der Waals surface area contributed by atoms with Gasteiger partial charge in [0.15, 0.2) is 5.78 Å². The van der Waals surface area contributed by atoms with E-state index in [4.69, 9.17) is 0 Å². The molecule has 5 aliphatic carbocycles. The second kappa shape index (κ2) is 7.88. The van der Waals surface area contributed by atoms with Crippen LogP contribution >= 0.6 is 0 Å². The number of carbonyl (C=O) groups excluding carboxylic acids is 2. The average Bonchev–Trinajstić information content (AvgIpc) is 2.99. The fraction of sp³-hybridized carbons (Fsp3) is 0.794. The van der Waals surface area contributed by atoms with Crippen LogP contribution in [0.15, 0.2) is 23.8 Å². The van der Waals surface area contributed by atoms with E-state index in [0.717, 1.165) is 24.8 Å². The van der Waals surface area contributed by atoms with Gasteiger partial charge in [0.05, 0.1) is 16.5 Å². The summed E-state index contributed by atoms with van der Waals surface area (Å²) >= 11 is 0. The third-order valence-electron chi connectivity index (χ3n) is 14.3. The normalized spacial score (nSPS) is 47.9. The molecule has 0 aromatic rings. The second-order valence-corrected chi connectivity index (χ2v) is 16.6. The average molecular weight is 571 g/mol. The standard InChI is InChI=1S/C34H45F3N2O2/c1-20-15-23-29(6)16-21(18-38)25(40)28(4,5)22(29)9-10-30(23,7)31(8)12-14-32-13-11-27(2,3)17-24(32)34(20,31)39(26(32)41)19-33(35,36)37/h16,22-24H,1,9-15,17,19H2,2-8H3/t22?,23?,24?,29-,30+,31-,32-,34-/m0/s1. The van der Waals surface area contributed by atoms with Crippen molar-refractivity contribution in [3.05, 3.63) is 23.8 Å². The Balaban J connectivity index is 1.59. The quantitative estimate of drug-likeness (QED) is 0.302. The van der Waals surface area contributed by atoms with E-state index < -0.39 is 45.3 Å². The molecule has 0 N–H and O–H groups in total. The Labute approximate surface area is 242 Å². The molecule has 41 heavy (non-hydrogen) atoms. The summed E-state index contributed by atoms with van der Waals surface area (Å²) in [6, 6.07) is 2.17. The SMILES string of the molecule is C=C1CC2[C@@]3(C)C=C(C#N)C(=O)C(C)(C)C3CC[C@@]2(C)[C@]2(C)CC[C@@]34CCC(C)(C)CC3[C@@]12N(CC(F)(F)F)C4=O.